The topological polar surface area (TPSA) is 70.6 Å². The lowest BCUT2D eigenvalue weighted by Gasteiger charge is -2.22. The molecular weight excluding hydrogens is 378 g/mol. The summed E-state index contributed by atoms with van der Waals surface area (Å²) in [5, 5.41) is 11.7. The zero-order valence-electron chi connectivity index (χ0n) is 18.6. The molecule has 162 valence electrons. The molecule has 6 heteroatoms. The van der Waals surface area contributed by atoms with E-state index in [1.807, 2.05) is 44.4 Å². The number of ether oxygens (including phenoxy) is 2. The second-order valence-corrected chi connectivity index (χ2v) is 8.12. The Kier molecular flexibility index (Phi) is 7.34. The zero-order chi connectivity index (χ0) is 21.7. The second kappa shape index (κ2) is 9.96. The Hall–Kier alpha value is -2.57. The Balaban J connectivity index is 1.65. The SMILES string of the molecule is CCOc1ccccc1OC[C@H](O)CN(C)Cc1c(C(C)C)[nH]c2ncc(C)cc12. The fraction of sp³-hybridized carbons (Fsp3) is 0.458. The van der Waals surface area contributed by atoms with Crippen molar-refractivity contribution < 1.29 is 14.6 Å². The van der Waals surface area contributed by atoms with Crippen LogP contribution in [0.4, 0.5) is 0 Å². The summed E-state index contributed by atoms with van der Waals surface area (Å²) in [6.45, 7) is 10.4. The van der Waals surface area contributed by atoms with Gasteiger partial charge in [-0.25, -0.2) is 4.98 Å². The number of likely N-dealkylation sites (N-methyl/N-ethyl adjacent to an activating group) is 1. The molecule has 1 atom stereocenters. The highest BCUT2D eigenvalue weighted by molar-refractivity contribution is 5.82. The molecule has 2 heterocycles. The summed E-state index contributed by atoms with van der Waals surface area (Å²) in [5.74, 6) is 1.72. The van der Waals surface area contributed by atoms with Crippen LogP contribution in [0.2, 0.25) is 0 Å². The molecule has 0 radical (unpaired) electrons. The Morgan fingerprint density at radius 2 is 1.87 bits per heavy atom. The summed E-state index contributed by atoms with van der Waals surface area (Å²) in [4.78, 5) is 10.1. The number of aliphatic hydroxyl groups excluding tert-OH is 1. The average molecular weight is 412 g/mol. The summed E-state index contributed by atoms with van der Waals surface area (Å²) >= 11 is 0. The van der Waals surface area contributed by atoms with Crippen LogP contribution in [0.1, 0.15) is 43.5 Å². The molecule has 3 rings (SSSR count). The van der Waals surface area contributed by atoms with Crippen molar-refractivity contribution in [3.63, 3.8) is 0 Å². The van der Waals surface area contributed by atoms with Crippen LogP contribution in [0.3, 0.4) is 0 Å². The van der Waals surface area contributed by atoms with Crippen molar-refractivity contribution in [3.05, 3.63) is 53.3 Å². The standard InChI is InChI=1S/C24H33N3O3/c1-6-29-21-9-7-8-10-22(21)30-15-18(28)13-27(5)14-20-19-11-17(4)12-25-24(19)26-23(20)16(2)3/h7-12,16,18,28H,6,13-15H2,1-5H3,(H,25,26)/t18-/m1/s1. The zero-order valence-corrected chi connectivity index (χ0v) is 18.6. The van der Waals surface area contributed by atoms with Gasteiger partial charge >= 0.3 is 0 Å². The number of benzene rings is 1. The first-order valence-electron chi connectivity index (χ1n) is 10.6. The quantitative estimate of drug-likeness (QED) is 0.521. The molecule has 3 aromatic rings. The highest BCUT2D eigenvalue weighted by atomic mass is 16.5. The fourth-order valence-corrected chi connectivity index (χ4v) is 3.69. The summed E-state index contributed by atoms with van der Waals surface area (Å²) in [5.41, 5.74) is 4.51. The Morgan fingerprint density at radius 1 is 1.17 bits per heavy atom. The lowest BCUT2D eigenvalue weighted by molar-refractivity contribution is 0.0730. The van der Waals surface area contributed by atoms with Crippen molar-refractivity contribution >= 4 is 11.0 Å². The summed E-state index contributed by atoms with van der Waals surface area (Å²) in [6, 6.07) is 9.72. The van der Waals surface area contributed by atoms with Crippen LogP contribution in [0.5, 0.6) is 11.5 Å². The van der Waals surface area contributed by atoms with Crippen molar-refractivity contribution in [2.24, 2.45) is 0 Å². The lowest BCUT2D eigenvalue weighted by atomic mass is 10.0. The van der Waals surface area contributed by atoms with E-state index in [0.29, 0.717) is 30.6 Å². The number of pyridine rings is 1. The molecule has 0 aliphatic carbocycles. The van der Waals surface area contributed by atoms with E-state index in [0.717, 1.165) is 23.1 Å². The maximum atomic E-state index is 10.5. The molecule has 0 saturated heterocycles. The largest absolute Gasteiger partial charge is 0.490 e. The van der Waals surface area contributed by atoms with E-state index in [1.165, 1.54) is 11.3 Å². The van der Waals surface area contributed by atoms with Crippen LogP contribution < -0.4 is 9.47 Å². The monoisotopic (exact) mass is 411 g/mol. The minimum absolute atomic E-state index is 0.208. The maximum absolute atomic E-state index is 10.5. The van der Waals surface area contributed by atoms with E-state index in [4.69, 9.17) is 9.47 Å². The van der Waals surface area contributed by atoms with E-state index in [1.54, 1.807) is 0 Å². The van der Waals surface area contributed by atoms with Gasteiger partial charge in [0, 0.05) is 30.4 Å². The Bertz CT molecular complexity index is 967. The lowest BCUT2D eigenvalue weighted by Crippen LogP contribution is -2.33. The van der Waals surface area contributed by atoms with Gasteiger partial charge in [-0.15, -0.1) is 0 Å². The van der Waals surface area contributed by atoms with Gasteiger partial charge in [0.15, 0.2) is 11.5 Å². The molecule has 0 unspecified atom stereocenters. The fourth-order valence-electron chi connectivity index (χ4n) is 3.69. The molecular formula is C24H33N3O3. The molecule has 0 fully saturated rings. The highest BCUT2D eigenvalue weighted by Gasteiger charge is 2.18. The van der Waals surface area contributed by atoms with Crippen LogP contribution in [0.25, 0.3) is 11.0 Å². The van der Waals surface area contributed by atoms with Gasteiger partial charge in [0.2, 0.25) is 0 Å². The minimum Gasteiger partial charge on any atom is -0.490 e. The number of hydrogen-bond acceptors (Lipinski definition) is 5. The van der Waals surface area contributed by atoms with Crippen molar-refractivity contribution in [1.29, 1.82) is 0 Å². The van der Waals surface area contributed by atoms with Crippen LogP contribution in [0.15, 0.2) is 36.5 Å². The van der Waals surface area contributed by atoms with Gasteiger partial charge in [0.25, 0.3) is 0 Å². The Morgan fingerprint density at radius 3 is 2.53 bits per heavy atom. The number of nitrogens with zero attached hydrogens (tertiary/aromatic N) is 2. The molecule has 0 amide bonds. The van der Waals surface area contributed by atoms with Crippen molar-refractivity contribution in [2.75, 3.05) is 26.8 Å². The number of aromatic nitrogens is 2. The molecule has 1 aromatic carbocycles. The number of aryl methyl sites for hydroxylation is 1. The van der Waals surface area contributed by atoms with Crippen LogP contribution in [0, 0.1) is 6.92 Å². The third-order valence-electron chi connectivity index (χ3n) is 5.04. The summed E-state index contributed by atoms with van der Waals surface area (Å²) in [7, 11) is 2.02. The molecule has 6 nitrogen and oxygen atoms in total. The Labute approximate surface area is 178 Å². The third-order valence-corrected chi connectivity index (χ3v) is 5.04. The number of H-pyrrole nitrogens is 1. The van der Waals surface area contributed by atoms with E-state index in [-0.39, 0.29) is 6.61 Å². The molecule has 0 spiro atoms. The number of para-hydroxylation sites is 2. The smallest absolute Gasteiger partial charge is 0.161 e. The second-order valence-electron chi connectivity index (χ2n) is 8.12. The first-order valence-corrected chi connectivity index (χ1v) is 10.6. The van der Waals surface area contributed by atoms with Gasteiger partial charge in [0.1, 0.15) is 18.4 Å². The molecule has 2 aromatic heterocycles. The average Bonchev–Trinajstić information content (AvgIpc) is 3.05. The minimum atomic E-state index is -0.614. The summed E-state index contributed by atoms with van der Waals surface area (Å²) in [6.07, 6.45) is 1.27. The highest BCUT2D eigenvalue weighted by Crippen LogP contribution is 2.29. The van der Waals surface area contributed by atoms with Crippen LogP contribution >= 0.6 is 0 Å². The van der Waals surface area contributed by atoms with E-state index < -0.39 is 6.10 Å². The van der Waals surface area contributed by atoms with Gasteiger partial charge in [-0.1, -0.05) is 26.0 Å². The molecule has 2 N–H and O–H groups in total. The van der Waals surface area contributed by atoms with Crippen molar-refractivity contribution in [1.82, 2.24) is 14.9 Å². The van der Waals surface area contributed by atoms with Gasteiger partial charge in [0.05, 0.1) is 6.61 Å². The number of rotatable bonds is 10. The van der Waals surface area contributed by atoms with E-state index in [2.05, 4.69) is 41.7 Å². The van der Waals surface area contributed by atoms with Crippen molar-refractivity contribution in [2.45, 2.75) is 46.3 Å². The number of aliphatic hydroxyl groups is 1. The predicted octanol–water partition coefficient (Wildman–Crippen LogP) is 4.27. The normalized spacial score (nSPS) is 12.7. The van der Waals surface area contributed by atoms with Gasteiger partial charge in [-0.3, -0.25) is 4.90 Å². The van der Waals surface area contributed by atoms with Gasteiger partial charge < -0.3 is 19.6 Å². The van der Waals surface area contributed by atoms with Crippen LogP contribution in [-0.4, -0.2) is 52.9 Å². The summed E-state index contributed by atoms with van der Waals surface area (Å²) < 4.78 is 11.4. The molecule has 0 saturated carbocycles. The number of nitrogens with one attached hydrogen (secondary N) is 1. The number of aromatic amines is 1. The first-order chi connectivity index (χ1) is 14.4. The molecule has 0 aliphatic rings. The number of fused-ring (bicyclic) bond motifs is 1. The van der Waals surface area contributed by atoms with Gasteiger partial charge in [-0.2, -0.15) is 0 Å². The van der Waals surface area contributed by atoms with Crippen molar-refractivity contribution in [3.8, 4) is 11.5 Å². The van der Waals surface area contributed by atoms with Crippen LogP contribution in [-0.2, 0) is 6.54 Å². The molecule has 0 aliphatic heterocycles. The van der Waals surface area contributed by atoms with Gasteiger partial charge in [-0.05, 0) is 56.1 Å². The van der Waals surface area contributed by atoms with E-state index in [9.17, 15) is 5.11 Å². The first kappa shape index (κ1) is 22.1. The van der Waals surface area contributed by atoms with E-state index >= 15 is 0 Å². The third kappa shape index (κ3) is 5.32. The maximum Gasteiger partial charge on any atom is 0.161 e. The number of hydrogen-bond donors (Lipinski definition) is 2. The predicted molar refractivity (Wildman–Crippen MR) is 120 cm³/mol. The molecule has 30 heavy (non-hydrogen) atoms. The molecule has 0 bridgehead atoms.